The topological polar surface area (TPSA) is 34.1 Å². The minimum atomic E-state index is -0.108. The molecule has 0 saturated heterocycles. The molecule has 0 fully saturated rings. The summed E-state index contributed by atoms with van der Waals surface area (Å²) < 4.78 is 0. The first-order chi connectivity index (χ1) is 5.70. The summed E-state index contributed by atoms with van der Waals surface area (Å²) in [5, 5.41) is 0. The van der Waals surface area contributed by atoms with Gasteiger partial charge in [0.1, 0.15) is 5.78 Å². The molecule has 0 aliphatic heterocycles. The van der Waals surface area contributed by atoms with Crippen LogP contribution in [-0.4, -0.2) is 11.6 Å². The van der Waals surface area contributed by atoms with Crippen LogP contribution in [0.3, 0.4) is 0 Å². The van der Waals surface area contributed by atoms with Gasteiger partial charge in [0.2, 0.25) is 0 Å². The zero-order chi connectivity index (χ0) is 8.97. The van der Waals surface area contributed by atoms with Gasteiger partial charge >= 0.3 is 0 Å². The molecule has 72 valence electrons. The van der Waals surface area contributed by atoms with Crippen LogP contribution in [0, 0.1) is 38.2 Å². The first kappa shape index (κ1) is 12.8. The molecule has 0 unspecified atom stereocenters. The van der Waals surface area contributed by atoms with E-state index in [9.17, 15) is 9.59 Å². The molecule has 0 amide bonds. The molecular formula is C10H10DyO2. The molecule has 0 radical (unpaired) electrons. The van der Waals surface area contributed by atoms with Crippen LogP contribution in [0.4, 0.5) is 0 Å². The number of ketones is 2. The van der Waals surface area contributed by atoms with Crippen LogP contribution in [0.15, 0.2) is 30.3 Å². The third-order valence-corrected chi connectivity index (χ3v) is 1.51. The molecule has 0 N–H and O–H groups in total. The van der Waals surface area contributed by atoms with Gasteiger partial charge in [0, 0.05) is 43.7 Å². The zero-order valence-corrected chi connectivity index (χ0v) is 9.26. The normalized spacial score (nSPS) is 8.69. The molecule has 3 heteroatoms. The fraction of sp³-hybridized carbons (Fsp3) is 0.200. The van der Waals surface area contributed by atoms with Crippen LogP contribution in [0.5, 0.6) is 0 Å². The fourth-order valence-electron chi connectivity index (χ4n) is 0.952. The van der Waals surface area contributed by atoms with Crippen molar-refractivity contribution in [1.29, 1.82) is 0 Å². The van der Waals surface area contributed by atoms with E-state index in [1.165, 1.54) is 6.92 Å². The summed E-state index contributed by atoms with van der Waals surface area (Å²) in [5.41, 5.74) is 0.604. The Labute approximate surface area is 108 Å². The molecule has 0 aliphatic carbocycles. The van der Waals surface area contributed by atoms with Crippen molar-refractivity contribution in [2.24, 2.45) is 0 Å². The number of hydrogen-bond donors (Lipinski definition) is 0. The van der Waals surface area contributed by atoms with E-state index in [4.69, 9.17) is 0 Å². The van der Waals surface area contributed by atoms with Gasteiger partial charge in [-0.2, -0.15) is 0 Å². The van der Waals surface area contributed by atoms with Crippen LogP contribution >= 0.6 is 0 Å². The van der Waals surface area contributed by atoms with Crippen molar-refractivity contribution in [1.82, 2.24) is 0 Å². The van der Waals surface area contributed by atoms with E-state index in [1.807, 2.05) is 6.07 Å². The average Bonchev–Trinajstić information content (AvgIpc) is 2.05. The number of rotatable bonds is 3. The summed E-state index contributed by atoms with van der Waals surface area (Å²) in [4.78, 5) is 21.8. The third-order valence-electron chi connectivity index (χ3n) is 1.51. The first-order valence-corrected chi connectivity index (χ1v) is 3.78. The molecule has 2 nitrogen and oxygen atoms in total. The smallest absolute Gasteiger partial charge is 0.170 e. The summed E-state index contributed by atoms with van der Waals surface area (Å²) in [5.74, 6) is -0.202. The SMILES string of the molecule is CC(=O)CC(=O)c1ccccc1.[Dy]. The molecule has 0 atom stereocenters. The molecule has 0 aromatic heterocycles. The van der Waals surface area contributed by atoms with Crippen molar-refractivity contribution in [2.45, 2.75) is 13.3 Å². The molecule has 0 saturated carbocycles. The van der Waals surface area contributed by atoms with Gasteiger partial charge in [0.25, 0.3) is 0 Å². The van der Waals surface area contributed by atoms with E-state index >= 15 is 0 Å². The van der Waals surface area contributed by atoms with Gasteiger partial charge in [-0.05, 0) is 6.92 Å². The number of benzene rings is 1. The maximum atomic E-state index is 11.2. The second kappa shape index (κ2) is 6.31. The van der Waals surface area contributed by atoms with E-state index < -0.39 is 0 Å². The number of carbonyl (C=O) groups excluding carboxylic acids is 2. The Kier molecular flexibility index (Phi) is 6.23. The van der Waals surface area contributed by atoms with Gasteiger partial charge in [-0.15, -0.1) is 0 Å². The maximum Gasteiger partial charge on any atom is 0.170 e. The second-order valence-electron chi connectivity index (χ2n) is 2.67. The van der Waals surface area contributed by atoms with Crippen LogP contribution in [0.25, 0.3) is 0 Å². The van der Waals surface area contributed by atoms with Crippen molar-refractivity contribution in [3.8, 4) is 0 Å². The van der Waals surface area contributed by atoms with Crippen molar-refractivity contribution in [3.05, 3.63) is 35.9 Å². The van der Waals surface area contributed by atoms with Crippen molar-refractivity contribution in [2.75, 3.05) is 0 Å². The average molecular weight is 325 g/mol. The molecule has 0 heterocycles. The monoisotopic (exact) mass is 326 g/mol. The second-order valence-corrected chi connectivity index (χ2v) is 2.67. The molecule has 1 rings (SSSR count). The molecule has 1 aromatic carbocycles. The third kappa shape index (κ3) is 4.56. The number of hydrogen-bond acceptors (Lipinski definition) is 2. The van der Waals surface area contributed by atoms with E-state index in [0.29, 0.717) is 5.56 Å². The Morgan fingerprint density at radius 3 is 2.15 bits per heavy atom. The van der Waals surface area contributed by atoms with Crippen LogP contribution < -0.4 is 0 Å². The minimum absolute atomic E-state index is 0. The molecule has 0 spiro atoms. The van der Waals surface area contributed by atoms with Gasteiger partial charge in [-0.1, -0.05) is 30.3 Å². The fourth-order valence-corrected chi connectivity index (χ4v) is 0.952. The van der Waals surface area contributed by atoms with E-state index in [0.717, 1.165) is 0 Å². The van der Waals surface area contributed by atoms with Gasteiger partial charge in [0.05, 0.1) is 6.42 Å². The summed E-state index contributed by atoms with van der Waals surface area (Å²) in [6.07, 6.45) is 0.00398. The molecule has 0 bridgehead atoms. The molecular weight excluding hydrogens is 315 g/mol. The van der Waals surface area contributed by atoms with Crippen LogP contribution in [-0.2, 0) is 4.79 Å². The Morgan fingerprint density at radius 2 is 1.69 bits per heavy atom. The van der Waals surface area contributed by atoms with Gasteiger partial charge in [-0.25, -0.2) is 0 Å². The molecule has 13 heavy (non-hydrogen) atoms. The van der Waals surface area contributed by atoms with Crippen molar-refractivity contribution in [3.63, 3.8) is 0 Å². The molecule has 0 aliphatic rings. The van der Waals surface area contributed by atoms with E-state index in [2.05, 4.69) is 0 Å². The van der Waals surface area contributed by atoms with Crippen molar-refractivity contribution < 1.29 is 47.8 Å². The summed E-state index contributed by atoms with van der Waals surface area (Å²) in [7, 11) is 0. The Balaban J connectivity index is 0.00000144. The minimum Gasteiger partial charge on any atom is -0.300 e. The predicted octanol–water partition coefficient (Wildman–Crippen LogP) is 1.85. The van der Waals surface area contributed by atoms with Crippen LogP contribution in [0.2, 0.25) is 0 Å². The van der Waals surface area contributed by atoms with Gasteiger partial charge in [0.15, 0.2) is 5.78 Å². The zero-order valence-electron chi connectivity index (χ0n) is 7.23. The Hall–Kier alpha value is -0.167. The standard InChI is InChI=1S/C10H10O2.Dy/c1-8(11)7-10(12)9-5-3-2-4-6-9;/h2-6H,7H2,1H3;. The van der Waals surface area contributed by atoms with Crippen LogP contribution in [0.1, 0.15) is 23.7 Å². The molecule has 1 aromatic rings. The van der Waals surface area contributed by atoms with E-state index in [1.54, 1.807) is 24.3 Å². The Bertz CT molecular complexity index is 293. The summed E-state index contributed by atoms with van der Waals surface area (Å²) in [6, 6.07) is 8.84. The van der Waals surface area contributed by atoms with Gasteiger partial charge < -0.3 is 0 Å². The quantitative estimate of drug-likeness (QED) is 0.628. The van der Waals surface area contributed by atoms with Gasteiger partial charge in [-0.3, -0.25) is 9.59 Å². The Morgan fingerprint density at radius 1 is 1.15 bits per heavy atom. The maximum absolute atomic E-state index is 11.2. The largest absolute Gasteiger partial charge is 0.300 e. The van der Waals surface area contributed by atoms with E-state index in [-0.39, 0.29) is 56.2 Å². The summed E-state index contributed by atoms with van der Waals surface area (Å²) in [6.45, 7) is 1.42. The van der Waals surface area contributed by atoms with Crippen molar-refractivity contribution >= 4 is 11.6 Å². The number of Topliss-reactive ketones (excluding diaryl/α,β-unsaturated/α-hetero) is 2. The summed E-state index contributed by atoms with van der Waals surface area (Å²) >= 11 is 0. The first-order valence-electron chi connectivity index (χ1n) is 3.78. The number of carbonyl (C=O) groups is 2. The predicted molar refractivity (Wildman–Crippen MR) is 46.1 cm³/mol.